The minimum absolute atomic E-state index is 0.104. The van der Waals surface area contributed by atoms with Gasteiger partial charge in [-0.1, -0.05) is 48.5 Å². The van der Waals surface area contributed by atoms with E-state index < -0.39 is 0 Å². The van der Waals surface area contributed by atoms with Crippen molar-refractivity contribution in [1.82, 2.24) is 9.80 Å². The Labute approximate surface area is 190 Å². The Morgan fingerprint density at radius 2 is 1.59 bits per heavy atom. The fourth-order valence-electron chi connectivity index (χ4n) is 5.07. The van der Waals surface area contributed by atoms with E-state index >= 15 is 0 Å². The third-order valence-electron chi connectivity index (χ3n) is 7.02. The summed E-state index contributed by atoms with van der Waals surface area (Å²) in [6.45, 7) is 9.15. The molecule has 0 radical (unpaired) electrons. The molecule has 0 N–H and O–H groups in total. The van der Waals surface area contributed by atoms with Gasteiger partial charge in [0.25, 0.3) is 0 Å². The lowest BCUT2D eigenvalue weighted by atomic mass is 9.77. The van der Waals surface area contributed by atoms with Gasteiger partial charge < -0.3 is 14.4 Å². The number of nitrogens with zero attached hydrogens (tertiary/aromatic N) is 3. The predicted molar refractivity (Wildman–Crippen MR) is 125 cm³/mol. The lowest BCUT2D eigenvalue weighted by Crippen LogP contribution is -2.69. The molecule has 2 aromatic carbocycles. The van der Waals surface area contributed by atoms with Crippen molar-refractivity contribution in [1.29, 1.82) is 0 Å². The number of anilines is 1. The fourth-order valence-corrected chi connectivity index (χ4v) is 5.07. The van der Waals surface area contributed by atoms with Crippen molar-refractivity contribution >= 4 is 11.7 Å². The van der Waals surface area contributed by atoms with Gasteiger partial charge in [0.2, 0.25) is 0 Å². The van der Waals surface area contributed by atoms with Gasteiger partial charge in [-0.2, -0.15) is 0 Å². The second-order valence-corrected chi connectivity index (χ2v) is 9.53. The van der Waals surface area contributed by atoms with Crippen molar-refractivity contribution in [3.05, 3.63) is 66.2 Å². The standard InChI is InChI=1S/C26H33N3O3/c30-25(32-17-22-7-3-1-4-8-22)15-24(29-18-26(19-29)20-31-21-26)16-27-11-13-28(14-12-27)23-9-5-2-6-10-23/h1-10,24H,11-21H2. The summed E-state index contributed by atoms with van der Waals surface area (Å²) >= 11 is 0. The third-order valence-corrected chi connectivity index (χ3v) is 7.02. The van der Waals surface area contributed by atoms with Gasteiger partial charge in [-0.25, -0.2) is 0 Å². The molecule has 0 aromatic heterocycles. The second kappa shape index (κ2) is 9.61. The summed E-state index contributed by atoms with van der Waals surface area (Å²) in [5.41, 5.74) is 2.67. The van der Waals surface area contributed by atoms with Crippen molar-refractivity contribution < 1.29 is 14.3 Å². The van der Waals surface area contributed by atoms with Crippen LogP contribution in [0.5, 0.6) is 0 Å². The van der Waals surface area contributed by atoms with Crippen LogP contribution >= 0.6 is 0 Å². The third kappa shape index (κ3) is 4.98. The van der Waals surface area contributed by atoms with Gasteiger partial charge in [0, 0.05) is 63.0 Å². The highest BCUT2D eigenvalue weighted by Gasteiger charge is 2.51. The highest BCUT2D eigenvalue weighted by Crippen LogP contribution is 2.39. The molecule has 1 spiro atoms. The van der Waals surface area contributed by atoms with Crippen molar-refractivity contribution in [2.24, 2.45) is 5.41 Å². The summed E-state index contributed by atoms with van der Waals surface area (Å²) in [6, 6.07) is 20.7. The van der Waals surface area contributed by atoms with Crippen LogP contribution in [0.1, 0.15) is 12.0 Å². The van der Waals surface area contributed by atoms with Crippen LogP contribution in [0.2, 0.25) is 0 Å². The van der Waals surface area contributed by atoms with Gasteiger partial charge in [0.15, 0.2) is 0 Å². The van der Waals surface area contributed by atoms with E-state index in [0.29, 0.717) is 18.4 Å². The SMILES string of the molecule is O=C(CC(CN1CCN(c2ccccc2)CC1)N1CC2(COC2)C1)OCc1ccccc1. The summed E-state index contributed by atoms with van der Waals surface area (Å²) in [6.07, 6.45) is 0.447. The highest BCUT2D eigenvalue weighted by atomic mass is 16.5. The van der Waals surface area contributed by atoms with Crippen LogP contribution in [-0.2, 0) is 20.9 Å². The number of esters is 1. The Hall–Kier alpha value is -2.41. The Balaban J connectivity index is 1.15. The molecule has 0 aliphatic carbocycles. The molecule has 3 aliphatic heterocycles. The maximum Gasteiger partial charge on any atom is 0.307 e. The highest BCUT2D eigenvalue weighted by molar-refractivity contribution is 5.70. The van der Waals surface area contributed by atoms with E-state index in [1.165, 1.54) is 5.69 Å². The molecule has 6 heteroatoms. The quantitative estimate of drug-likeness (QED) is 0.594. The van der Waals surface area contributed by atoms with Crippen LogP contribution in [0.15, 0.2) is 60.7 Å². The molecule has 32 heavy (non-hydrogen) atoms. The minimum atomic E-state index is -0.104. The Bertz CT molecular complexity index is 872. The smallest absolute Gasteiger partial charge is 0.307 e. The Kier molecular flexibility index (Phi) is 6.44. The number of carbonyl (C=O) groups excluding carboxylic acids is 1. The maximum atomic E-state index is 12.7. The second-order valence-electron chi connectivity index (χ2n) is 9.53. The molecule has 0 amide bonds. The summed E-state index contributed by atoms with van der Waals surface area (Å²) in [7, 11) is 0. The summed E-state index contributed by atoms with van der Waals surface area (Å²) in [4.78, 5) is 20.1. The van der Waals surface area contributed by atoms with E-state index in [9.17, 15) is 4.79 Å². The first kappa shape index (κ1) is 21.4. The van der Waals surface area contributed by atoms with Crippen LogP contribution in [0.3, 0.4) is 0 Å². The number of ether oxygens (including phenoxy) is 2. The number of para-hydroxylation sites is 1. The number of likely N-dealkylation sites (tertiary alicyclic amines) is 1. The van der Waals surface area contributed by atoms with E-state index in [1.54, 1.807) is 0 Å². The number of piperazine rings is 1. The summed E-state index contributed by atoms with van der Waals surface area (Å²) in [5, 5.41) is 0. The van der Waals surface area contributed by atoms with Gasteiger partial charge in [-0.05, 0) is 17.7 Å². The van der Waals surface area contributed by atoms with Gasteiger partial charge in [0.05, 0.1) is 19.6 Å². The van der Waals surface area contributed by atoms with Crippen molar-refractivity contribution in [3.63, 3.8) is 0 Å². The zero-order chi connectivity index (χ0) is 21.8. The number of rotatable bonds is 8. The van der Waals surface area contributed by atoms with Crippen LogP contribution in [0, 0.1) is 5.41 Å². The number of hydrogen-bond donors (Lipinski definition) is 0. The average molecular weight is 436 g/mol. The van der Waals surface area contributed by atoms with E-state index in [0.717, 1.165) is 64.6 Å². The number of hydrogen-bond acceptors (Lipinski definition) is 6. The van der Waals surface area contributed by atoms with Crippen LogP contribution in [-0.4, -0.2) is 80.8 Å². The molecule has 3 aliphatic rings. The van der Waals surface area contributed by atoms with Gasteiger partial charge in [-0.15, -0.1) is 0 Å². The van der Waals surface area contributed by atoms with Crippen LogP contribution in [0.25, 0.3) is 0 Å². The zero-order valence-corrected chi connectivity index (χ0v) is 18.7. The van der Waals surface area contributed by atoms with Crippen molar-refractivity contribution in [2.75, 3.05) is 63.9 Å². The van der Waals surface area contributed by atoms with Crippen LogP contribution in [0.4, 0.5) is 5.69 Å². The Morgan fingerprint density at radius 3 is 2.22 bits per heavy atom. The lowest BCUT2D eigenvalue weighted by molar-refractivity contribution is -0.201. The normalized spacial score (nSPS) is 21.6. The van der Waals surface area contributed by atoms with Crippen molar-refractivity contribution in [3.8, 4) is 0 Å². The molecule has 6 nitrogen and oxygen atoms in total. The van der Waals surface area contributed by atoms with Gasteiger partial charge in [0.1, 0.15) is 6.61 Å². The first-order chi connectivity index (χ1) is 15.7. The van der Waals surface area contributed by atoms with E-state index in [2.05, 4.69) is 45.0 Å². The number of benzene rings is 2. The van der Waals surface area contributed by atoms with E-state index in [-0.39, 0.29) is 12.0 Å². The maximum absolute atomic E-state index is 12.7. The molecule has 3 saturated heterocycles. The van der Waals surface area contributed by atoms with E-state index in [4.69, 9.17) is 9.47 Å². The van der Waals surface area contributed by atoms with Gasteiger partial charge >= 0.3 is 5.97 Å². The molecule has 0 bridgehead atoms. The molecular weight excluding hydrogens is 402 g/mol. The predicted octanol–water partition coefficient (Wildman–Crippen LogP) is 2.64. The molecule has 5 rings (SSSR count). The molecule has 1 unspecified atom stereocenters. The molecule has 3 heterocycles. The first-order valence-corrected chi connectivity index (χ1v) is 11.7. The topological polar surface area (TPSA) is 45.3 Å². The fraction of sp³-hybridized carbons (Fsp3) is 0.500. The number of carbonyl (C=O) groups is 1. The molecular formula is C26H33N3O3. The molecule has 1 atom stereocenters. The van der Waals surface area contributed by atoms with Crippen molar-refractivity contribution in [2.45, 2.75) is 19.1 Å². The zero-order valence-electron chi connectivity index (χ0n) is 18.7. The monoisotopic (exact) mass is 435 g/mol. The Morgan fingerprint density at radius 1 is 0.938 bits per heavy atom. The molecule has 2 aromatic rings. The lowest BCUT2D eigenvalue weighted by Gasteiger charge is -2.57. The largest absolute Gasteiger partial charge is 0.461 e. The first-order valence-electron chi connectivity index (χ1n) is 11.7. The minimum Gasteiger partial charge on any atom is -0.461 e. The molecule has 170 valence electrons. The average Bonchev–Trinajstić information content (AvgIpc) is 2.77. The summed E-state index contributed by atoms with van der Waals surface area (Å²) < 4.78 is 11.1. The van der Waals surface area contributed by atoms with Gasteiger partial charge in [-0.3, -0.25) is 14.6 Å². The van der Waals surface area contributed by atoms with Crippen LogP contribution < -0.4 is 4.90 Å². The summed E-state index contributed by atoms with van der Waals surface area (Å²) in [5.74, 6) is -0.104. The molecule has 3 fully saturated rings. The van der Waals surface area contributed by atoms with E-state index in [1.807, 2.05) is 30.3 Å². The molecule has 0 saturated carbocycles.